The number of hydrogen-bond acceptors (Lipinski definition) is 14. The number of ether oxygens (including phenoxy) is 3. The van der Waals surface area contributed by atoms with Gasteiger partial charge in [-0.1, -0.05) is 22.0 Å². The number of nitrogens with one attached hydrogen (secondary N) is 1. The molecule has 0 unspecified atom stereocenters. The minimum atomic E-state index is -2.27. The second kappa shape index (κ2) is 26.7. The molecule has 394 valence electrons. The summed E-state index contributed by atoms with van der Waals surface area (Å²) in [4.78, 5) is 43.9. The molecule has 75 heavy (non-hydrogen) atoms. The van der Waals surface area contributed by atoms with Gasteiger partial charge in [-0.15, -0.1) is 0 Å². The molecule has 2 fully saturated rings. The molecule has 0 atom stereocenters. The third kappa shape index (κ3) is 14.5. The van der Waals surface area contributed by atoms with Crippen molar-refractivity contribution in [2.24, 2.45) is 0 Å². The van der Waals surface area contributed by atoms with Gasteiger partial charge in [0.1, 0.15) is 28.6 Å². The van der Waals surface area contributed by atoms with E-state index in [4.69, 9.17) is 19.2 Å². The van der Waals surface area contributed by atoms with E-state index in [0.29, 0.717) is 24.4 Å². The molecule has 8 heterocycles. The van der Waals surface area contributed by atoms with Crippen molar-refractivity contribution in [3.05, 3.63) is 115 Å². The van der Waals surface area contributed by atoms with Crippen LogP contribution in [-0.4, -0.2) is 133 Å². The van der Waals surface area contributed by atoms with E-state index < -0.39 is 30.1 Å². The fourth-order valence-corrected chi connectivity index (χ4v) is 25.0. The molecule has 0 amide bonds. The standard InChI is InChI=1S/C21H23BrN4O3.C20H18N6O.C4H3N2.3C4H9.Sn/c1-21(2,3)29-20(27)26-17-5-4-15(22)13-16(17)19(24-26)14-6-7-23-18(12-14)25-8-10-28-11-9-25;1-2-17-16(11-14(1)18-13-21-5-6-22-18)20(25-24-17)15-3-4-23-19(12-15)26-7-9-27-10-8-26;1-2-6-4-3-5-1;3*1-3-4-2;/h4-7,12-13H,8-11H2,1-3H3;1-6,11-13H,7-10H2,(H,24,25);1-3H;3*1,3-4H2,2H3;. The van der Waals surface area contributed by atoms with Gasteiger partial charge in [-0.2, -0.15) is 14.9 Å². The van der Waals surface area contributed by atoms with Crippen LogP contribution in [0.1, 0.15) is 80.1 Å². The normalized spacial score (nSPS) is 14.0. The molecule has 16 nitrogen and oxygen atoms in total. The topological polar surface area (TPSA) is 175 Å². The summed E-state index contributed by atoms with van der Waals surface area (Å²) in [5.41, 5.74) is 6.49. The molecular weight excluding hydrogens is 1120 g/mol. The molecule has 2 aliphatic heterocycles. The summed E-state index contributed by atoms with van der Waals surface area (Å²) in [7, 11) is 0. The summed E-state index contributed by atoms with van der Waals surface area (Å²) in [6.07, 6.45) is 22.2. The Hall–Kier alpha value is -5.89. The van der Waals surface area contributed by atoms with Gasteiger partial charge in [0.05, 0.1) is 49.4 Å². The molecule has 10 rings (SSSR count). The summed E-state index contributed by atoms with van der Waals surface area (Å²) < 4.78 is 24.5. The fraction of sp³-hybridized carbons (Fsp3) is 0.421. The summed E-state index contributed by atoms with van der Waals surface area (Å²) >= 11 is 1.25. The zero-order chi connectivity index (χ0) is 52.6. The number of aromatic amines is 1. The van der Waals surface area contributed by atoms with Gasteiger partial charge >= 0.3 is 129 Å². The molecule has 0 saturated carbocycles. The number of fused-ring (bicyclic) bond motifs is 2. The van der Waals surface area contributed by atoms with Gasteiger partial charge in [-0.05, 0) is 75.4 Å². The van der Waals surface area contributed by atoms with Crippen LogP contribution in [0.3, 0.4) is 0 Å². The summed E-state index contributed by atoms with van der Waals surface area (Å²) in [6, 6.07) is 19.9. The number of halogens is 1. The first-order valence-corrected chi connectivity index (χ1v) is 34.8. The van der Waals surface area contributed by atoms with Gasteiger partial charge in [0, 0.05) is 82.9 Å². The molecule has 8 aromatic rings. The Balaban J connectivity index is 0.000000153. The van der Waals surface area contributed by atoms with Crippen molar-refractivity contribution in [2.75, 3.05) is 62.4 Å². The number of hydrogen-bond donors (Lipinski definition) is 1. The monoisotopic (exact) mass is 1190 g/mol. The molecule has 2 saturated heterocycles. The van der Waals surface area contributed by atoms with Crippen molar-refractivity contribution >= 4 is 77.6 Å². The van der Waals surface area contributed by atoms with Crippen LogP contribution in [0, 0.1) is 0 Å². The first kappa shape index (κ1) is 55.3. The van der Waals surface area contributed by atoms with Gasteiger partial charge < -0.3 is 24.0 Å². The first-order chi connectivity index (χ1) is 36.5. The summed E-state index contributed by atoms with van der Waals surface area (Å²) in [5, 5.41) is 14.2. The van der Waals surface area contributed by atoms with Crippen molar-refractivity contribution in [3.63, 3.8) is 0 Å². The average Bonchev–Trinajstić information content (AvgIpc) is 4.06. The zero-order valence-corrected chi connectivity index (χ0v) is 48.8. The average molecular weight is 1190 g/mol. The quantitative estimate of drug-likeness (QED) is 0.0960. The van der Waals surface area contributed by atoms with Crippen LogP contribution in [0.15, 0.2) is 115 Å². The maximum atomic E-state index is 12.8. The van der Waals surface area contributed by atoms with Crippen molar-refractivity contribution < 1.29 is 19.0 Å². The van der Waals surface area contributed by atoms with Crippen LogP contribution >= 0.6 is 15.9 Å². The van der Waals surface area contributed by atoms with E-state index in [1.807, 2.05) is 87.9 Å². The number of nitrogens with zero attached hydrogens (tertiary/aromatic N) is 11. The Morgan fingerprint density at radius 1 is 0.653 bits per heavy atom. The predicted octanol–water partition coefficient (Wildman–Crippen LogP) is 11.9. The van der Waals surface area contributed by atoms with Crippen molar-refractivity contribution in [3.8, 4) is 33.8 Å². The van der Waals surface area contributed by atoms with Crippen LogP contribution in [0.5, 0.6) is 0 Å². The predicted molar refractivity (Wildman–Crippen MR) is 305 cm³/mol. The third-order valence-corrected chi connectivity index (χ3v) is 29.0. The molecule has 0 radical (unpaired) electrons. The number of pyridine rings is 2. The van der Waals surface area contributed by atoms with Gasteiger partial charge in [-0.3, -0.25) is 15.1 Å². The number of carbonyl (C=O) groups is 1. The van der Waals surface area contributed by atoms with E-state index in [9.17, 15) is 4.79 Å². The number of benzene rings is 2. The molecular formula is C57H71BrN12O4Sn. The van der Waals surface area contributed by atoms with Crippen LogP contribution in [-0.2, 0) is 14.2 Å². The van der Waals surface area contributed by atoms with E-state index >= 15 is 0 Å². The largest absolute Gasteiger partial charge is 0.378 e. The zero-order valence-electron chi connectivity index (χ0n) is 44.3. The van der Waals surface area contributed by atoms with Gasteiger partial charge in [0.15, 0.2) is 0 Å². The Morgan fingerprint density at radius 3 is 1.79 bits per heavy atom. The van der Waals surface area contributed by atoms with E-state index in [1.165, 1.54) is 60.2 Å². The Morgan fingerprint density at radius 2 is 1.24 bits per heavy atom. The number of H-pyrrole nitrogens is 1. The molecule has 0 bridgehead atoms. The Labute approximate surface area is 453 Å². The number of unbranched alkanes of at least 4 members (excludes halogenated alkanes) is 3. The van der Waals surface area contributed by atoms with E-state index in [2.05, 4.69) is 105 Å². The Kier molecular flexibility index (Phi) is 19.7. The molecule has 2 aromatic carbocycles. The van der Waals surface area contributed by atoms with Crippen LogP contribution in [0.2, 0.25) is 13.3 Å². The van der Waals surface area contributed by atoms with E-state index in [1.54, 1.807) is 24.8 Å². The summed E-state index contributed by atoms with van der Waals surface area (Å²) in [5.74, 6) is 1.83. The Bertz CT molecular complexity index is 3050. The smallest absolute Gasteiger partial charge is 0.129 e. The van der Waals surface area contributed by atoms with E-state index in [0.717, 1.165) is 99.9 Å². The molecule has 2 aliphatic rings. The van der Waals surface area contributed by atoms with Gasteiger partial charge in [0.2, 0.25) is 0 Å². The second-order valence-corrected chi connectivity index (χ2v) is 34.0. The second-order valence-electron chi connectivity index (χ2n) is 20.0. The van der Waals surface area contributed by atoms with Crippen LogP contribution in [0.4, 0.5) is 16.4 Å². The molecule has 0 spiro atoms. The molecule has 0 aliphatic carbocycles. The van der Waals surface area contributed by atoms with Crippen molar-refractivity contribution in [2.45, 2.75) is 99.0 Å². The molecule has 6 aromatic heterocycles. The summed E-state index contributed by atoms with van der Waals surface area (Å²) in [6.45, 7) is 18.6. The van der Waals surface area contributed by atoms with Gasteiger partial charge in [0.25, 0.3) is 0 Å². The van der Waals surface area contributed by atoms with Gasteiger partial charge in [-0.25, -0.2) is 14.8 Å². The maximum Gasteiger partial charge on any atom is 0.129 e. The van der Waals surface area contributed by atoms with Crippen LogP contribution in [0.25, 0.3) is 55.6 Å². The number of rotatable bonds is 15. The number of carbonyl (C=O) groups excluding carboxylic acids is 1. The number of morpholine rings is 2. The number of anilines is 2. The van der Waals surface area contributed by atoms with E-state index in [-0.39, 0.29) is 0 Å². The fourth-order valence-electron chi connectivity index (χ4n) is 9.53. The minimum absolute atomic E-state index is 0.501. The SMILES string of the molecule is CC(C)(C)OC(=O)n1nc(-c2ccnc(N3CCOCC3)c2)c2cc(Br)ccc21.CCC[CH2][Sn]([CH2]CCC)([CH2]CCC)[c]1cnccn1.c1cnc(-c2ccc3[nH]nc(-c4ccnc(N5CCOCC5)c4)c3c2)cn1. The maximum absolute atomic E-state index is 12.8. The van der Waals surface area contributed by atoms with Crippen molar-refractivity contribution in [1.82, 2.24) is 49.9 Å². The van der Waals surface area contributed by atoms with Crippen molar-refractivity contribution in [1.29, 1.82) is 0 Å². The minimum Gasteiger partial charge on any atom is -0.378 e. The molecule has 1 N–H and O–H groups in total. The number of aromatic nitrogens is 10. The first-order valence-electron chi connectivity index (χ1n) is 26.5. The molecule has 18 heteroatoms. The van der Waals surface area contributed by atoms with Crippen LogP contribution < -0.4 is 13.5 Å². The third-order valence-electron chi connectivity index (χ3n) is 13.5.